The van der Waals surface area contributed by atoms with Crippen molar-refractivity contribution in [1.29, 1.82) is 0 Å². The fraction of sp³-hybridized carbons (Fsp3) is 0.939. The summed E-state index contributed by atoms with van der Waals surface area (Å²) in [7, 11) is 1.00. The fourth-order valence-corrected chi connectivity index (χ4v) is 9.02. The highest BCUT2D eigenvalue weighted by Crippen LogP contribution is 2.30. The molecule has 434 valence electrons. The van der Waals surface area contributed by atoms with Gasteiger partial charge in [0.05, 0.1) is 95.0 Å². The van der Waals surface area contributed by atoms with E-state index in [0.29, 0.717) is 26.3 Å². The summed E-state index contributed by atoms with van der Waals surface area (Å²) in [4.78, 5) is 36.8. The number of carbonyl (C=O) groups excluding carboxylic acids is 3. The summed E-state index contributed by atoms with van der Waals surface area (Å²) in [5.74, 6) is -0.604. The van der Waals surface area contributed by atoms with Crippen LogP contribution in [0.5, 0.6) is 0 Å². The molecule has 0 saturated carbocycles. The maximum absolute atomic E-state index is 12.4. The average molecular weight is 1070 g/mol. The van der Waals surface area contributed by atoms with Crippen molar-refractivity contribution in [2.45, 2.75) is 208 Å². The van der Waals surface area contributed by atoms with Gasteiger partial charge in [-0.3, -0.25) is 14.4 Å². The van der Waals surface area contributed by atoms with Crippen LogP contribution in [0.25, 0.3) is 0 Å². The van der Waals surface area contributed by atoms with E-state index in [9.17, 15) is 55.2 Å². The van der Waals surface area contributed by atoms with Crippen LogP contribution in [0, 0.1) is 0 Å². The van der Waals surface area contributed by atoms with E-state index >= 15 is 0 Å². The number of carbonyl (C=O) groups is 3. The smallest absolute Gasteiger partial charge is 0.222 e. The molecule has 4 aliphatic rings. The van der Waals surface area contributed by atoms with Gasteiger partial charge in [0.1, 0.15) is 24.4 Å². The first-order valence-electron chi connectivity index (χ1n) is 26.4. The largest absolute Gasteiger partial charge is 0.400 e. The molecule has 4 fully saturated rings. The zero-order valence-corrected chi connectivity index (χ0v) is 43.7. The summed E-state index contributed by atoms with van der Waals surface area (Å²) in [5, 5.41) is 95.8. The molecule has 10 unspecified atom stereocenters. The van der Waals surface area contributed by atoms with Gasteiger partial charge in [-0.1, -0.05) is 25.7 Å². The van der Waals surface area contributed by atoms with Gasteiger partial charge in [-0.15, -0.1) is 0 Å². The normalized spacial score (nSPS) is 31.1. The minimum absolute atomic E-state index is 0.0925. The van der Waals surface area contributed by atoms with Crippen molar-refractivity contribution in [1.82, 2.24) is 16.0 Å². The lowest BCUT2D eigenvalue weighted by Crippen LogP contribution is -2.54. The summed E-state index contributed by atoms with van der Waals surface area (Å²) < 4.78 is 57.7. The molecule has 0 aromatic rings. The molecule has 4 rings (SSSR count). The van der Waals surface area contributed by atoms with Gasteiger partial charge in [0, 0.05) is 91.7 Å². The number of unbranched alkanes of at least 4 members (excludes halogenated alkanes) is 6. The van der Waals surface area contributed by atoms with Crippen LogP contribution in [0.4, 0.5) is 0 Å². The predicted molar refractivity (Wildman–Crippen MR) is 261 cm³/mol. The van der Waals surface area contributed by atoms with Crippen LogP contribution < -0.4 is 16.0 Å². The van der Waals surface area contributed by atoms with Crippen molar-refractivity contribution in [2.75, 3.05) is 86.3 Å². The maximum atomic E-state index is 12.4. The Labute approximate surface area is 435 Å². The zero-order chi connectivity index (χ0) is 54.3. The number of hydrogen-bond acceptors (Lipinski definition) is 22. The second kappa shape index (κ2) is 37.5. The first-order chi connectivity index (χ1) is 35.6. The van der Waals surface area contributed by atoms with Gasteiger partial charge >= 0.3 is 0 Å². The summed E-state index contributed by atoms with van der Waals surface area (Å²) in [5.41, 5.74) is -0.881. The second-order valence-corrected chi connectivity index (χ2v) is 19.5. The van der Waals surface area contributed by atoms with Crippen LogP contribution in [0.3, 0.4) is 0 Å². The third-order valence-corrected chi connectivity index (χ3v) is 12.7. The molecule has 25 heteroatoms. The molecule has 0 spiro atoms. The standard InChI is InChI=1S/C48H87N3O21.CH4O/c1-31(56)51-48(2,29-63-17-11-40(61)49-13-7-3-5-9-15-65-42-23-36(59)46(38(27-54)69-42)71-44-21-32(57)19-34(25-52)67-44)30-64-18-12-41(62)50-14-8-4-6-10-16-66-43-24-37(60)47(39(28-55)70-43)72-45-22-33(58)20-35(26-53)68-45;1-2/h32-39,42-47,52-55,57-60H,3-30H2,1-2H3,(H,49,61)(H,50,62)(H,51,56);2H,1H3/t32?,33?,34?,35?,36?,37?,38?,39?,42?,43?,44-,45-,46+,47+,48?;/m1./s1. The van der Waals surface area contributed by atoms with Crippen LogP contribution in [0.1, 0.15) is 117 Å². The predicted octanol–water partition coefficient (Wildman–Crippen LogP) is -1.89. The molecule has 12 N–H and O–H groups in total. The Kier molecular flexibility index (Phi) is 33.4. The van der Waals surface area contributed by atoms with Crippen molar-refractivity contribution < 1.29 is 108 Å². The molecule has 0 aliphatic carbocycles. The Morgan fingerprint density at radius 1 is 0.527 bits per heavy atom. The van der Waals surface area contributed by atoms with Crippen molar-refractivity contribution >= 4 is 17.7 Å². The first-order valence-corrected chi connectivity index (χ1v) is 26.4. The van der Waals surface area contributed by atoms with E-state index < -0.39 is 105 Å². The molecule has 0 bridgehead atoms. The van der Waals surface area contributed by atoms with E-state index in [1.54, 1.807) is 6.92 Å². The molecule has 4 aliphatic heterocycles. The topological polar surface area (TPSA) is 362 Å². The molecule has 0 aromatic carbocycles. The first kappa shape index (κ1) is 65.9. The van der Waals surface area contributed by atoms with E-state index in [2.05, 4.69) is 16.0 Å². The molecule has 14 atom stereocenters. The van der Waals surface area contributed by atoms with Gasteiger partial charge in [-0.25, -0.2) is 0 Å². The number of ether oxygens (including phenoxy) is 10. The van der Waals surface area contributed by atoms with Crippen LogP contribution >= 0.6 is 0 Å². The third-order valence-electron chi connectivity index (χ3n) is 12.7. The highest BCUT2D eigenvalue weighted by Gasteiger charge is 2.43. The quantitative estimate of drug-likeness (QED) is 0.0309. The lowest BCUT2D eigenvalue weighted by Gasteiger charge is -2.41. The van der Waals surface area contributed by atoms with Crippen LogP contribution in [0.15, 0.2) is 0 Å². The summed E-state index contributed by atoms with van der Waals surface area (Å²) in [6, 6.07) is 0. The Morgan fingerprint density at radius 3 is 1.31 bits per heavy atom. The SMILES string of the molecule is CC(=O)NC(C)(COCCC(=O)NCCCCCCOC1CC(O)[C@H](O[C@@H]2CC(O)CC(CO)O2)C(CO)O1)COCCC(=O)NCCCCCCOC1CC(O)[C@H](O[C@@H]2CC(O)CC(CO)O2)C(CO)O1.CO. The number of nitrogens with one attached hydrogen (secondary N) is 3. The van der Waals surface area contributed by atoms with Crippen LogP contribution in [0.2, 0.25) is 0 Å². The second-order valence-electron chi connectivity index (χ2n) is 19.5. The lowest BCUT2D eigenvalue weighted by molar-refractivity contribution is -0.310. The molecular formula is C49H91N3O22. The van der Waals surface area contributed by atoms with Gasteiger partial charge in [0.15, 0.2) is 25.2 Å². The van der Waals surface area contributed by atoms with E-state index in [-0.39, 0.29) is 109 Å². The molecule has 74 heavy (non-hydrogen) atoms. The van der Waals surface area contributed by atoms with Gasteiger partial charge in [-0.2, -0.15) is 0 Å². The molecule has 3 amide bonds. The van der Waals surface area contributed by atoms with Gasteiger partial charge in [0.2, 0.25) is 17.7 Å². The number of hydrogen-bond donors (Lipinski definition) is 12. The van der Waals surface area contributed by atoms with Crippen molar-refractivity contribution in [3.8, 4) is 0 Å². The third kappa shape index (κ3) is 25.9. The maximum Gasteiger partial charge on any atom is 0.222 e. The molecule has 0 radical (unpaired) electrons. The molecule has 0 aromatic heterocycles. The Morgan fingerprint density at radius 2 is 0.932 bits per heavy atom. The fourth-order valence-electron chi connectivity index (χ4n) is 9.02. The minimum atomic E-state index is -0.997. The Balaban J connectivity index is 0.00000713. The zero-order valence-electron chi connectivity index (χ0n) is 43.7. The number of aliphatic hydroxyl groups excluding tert-OH is 9. The van der Waals surface area contributed by atoms with Crippen molar-refractivity contribution in [3.63, 3.8) is 0 Å². The summed E-state index contributed by atoms with van der Waals surface area (Å²) >= 11 is 0. The Bertz CT molecular complexity index is 1410. The van der Waals surface area contributed by atoms with Crippen LogP contribution in [-0.4, -0.2) is 242 Å². The summed E-state index contributed by atoms with van der Waals surface area (Å²) in [6.45, 7) is 3.98. The molecule has 25 nitrogen and oxygen atoms in total. The number of rotatable bonds is 35. The highest BCUT2D eigenvalue weighted by molar-refractivity contribution is 5.76. The van der Waals surface area contributed by atoms with E-state index in [0.717, 1.165) is 58.5 Å². The molecule has 4 heterocycles. The lowest BCUT2D eigenvalue weighted by atomic mass is 10.0. The van der Waals surface area contributed by atoms with E-state index in [1.165, 1.54) is 6.92 Å². The van der Waals surface area contributed by atoms with Crippen molar-refractivity contribution in [2.24, 2.45) is 0 Å². The minimum Gasteiger partial charge on any atom is -0.400 e. The monoisotopic (exact) mass is 1070 g/mol. The van der Waals surface area contributed by atoms with E-state index in [1.807, 2.05) is 0 Å². The Hall–Kier alpha value is -2.35. The number of aliphatic hydroxyl groups is 9. The van der Waals surface area contributed by atoms with Gasteiger partial charge < -0.3 is 109 Å². The highest BCUT2D eigenvalue weighted by atomic mass is 16.7. The van der Waals surface area contributed by atoms with Crippen molar-refractivity contribution in [3.05, 3.63) is 0 Å². The van der Waals surface area contributed by atoms with E-state index in [4.69, 9.17) is 52.5 Å². The van der Waals surface area contributed by atoms with Gasteiger partial charge in [-0.05, 0) is 32.6 Å². The van der Waals surface area contributed by atoms with Gasteiger partial charge in [0.25, 0.3) is 0 Å². The van der Waals surface area contributed by atoms with Crippen LogP contribution in [-0.2, 0) is 61.8 Å². The molecular weight excluding hydrogens is 983 g/mol. The molecule has 4 saturated heterocycles. The number of amides is 3. The summed E-state index contributed by atoms with van der Waals surface area (Å²) in [6.07, 6.45) is -3.45. The average Bonchev–Trinajstić information content (AvgIpc) is 3.37.